The average molecular weight is 724 g/mol. The molecule has 0 amide bonds. The molecule has 4 heterocycles. The molecule has 4 aromatic heterocycles. The number of aromatic nitrogens is 4. The van der Waals surface area contributed by atoms with E-state index >= 15 is 0 Å². The predicted octanol–water partition coefficient (Wildman–Crippen LogP) is 14.3. The molecule has 0 aliphatic heterocycles. The third-order valence-electron chi connectivity index (χ3n) is 10.7. The quantitative estimate of drug-likeness (QED) is 0.105. The molecule has 6 heteroatoms. The van der Waals surface area contributed by atoms with Crippen molar-refractivity contribution in [3.05, 3.63) is 132 Å². The van der Waals surface area contributed by atoms with Crippen LogP contribution in [-0.2, 0) is 0 Å². The lowest BCUT2D eigenvalue weighted by atomic mass is 10.0. The first-order chi connectivity index (χ1) is 25.7. The van der Waals surface area contributed by atoms with Crippen molar-refractivity contribution in [1.29, 1.82) is 0 Å². The Hall–Kier alpha value is -4.64. The summed E-state index contributed by atoms with van der Waals surface area (Å²) in [6.07, 6.45) is 16.1. The van der Waals surface area contributed by atoms with Gasteiger partial charge in [-0.25, -0.2) is 0 Å². The zero-order valence-corrected chi connectivity index (χ0v) is 31.3. The molecular weight excluding hydrogens is 679 g/mol. The van der Waals surface area contributed by atoms with Crippen molar-refractivity contribution in [3.8, 4) is 22.5 Å². The van der Waals surface area contributed by atoms with E-state index in [1.165, 1.54) is 83.9 Å². The average Bonchev–Trinajstić information content (AvgIpc) is 3.70. The first-order valence-electron chi connectivity index (χ1n) is 18.9. The van der Waals surface area contributed by atoms with Gasteiger partial charge in [-0.3, -0.25) is 9.97 Å². The molecule has 0 bridgehead atoms. The molecule has 8 rings (SSSR count). The van der Waals surface area contributed by atoms with Gasteiger partial charge in [0.05, 0.1) is 43.5 Å². The Morgan fingerprint density at radius 2 is 0.904 bits per heavy atom. The Balaban J connectivity index is 1.38. The second kappa shape index (κ2) is 15.5. The van der Waals surface area contributed by atoms with E-state index in [2.05, 4.69) is 88.9 Å². The largest absolute Gasteiger partial charge is 0.317 e. The molecule has 0 fully saturated rings. The Morgan fingerprint density at radius 1 is 0.481 bits per heavy atom. The molecule has 0 N–H and O–H groups in total. The second-order valence-corrected chi connectivity index (χ2v) is 14.8. The van der Waals surface area contributed by atoms with Crippen molar-refractivity contribution in [2.45, 2.75) is 77.3 Å². The summed E-state index contributed by atoms with van der Waals surface area (Å²) in [5.74, 6) is 0. The first kappa shape index (κ1) is 34.4. The number of benzene rings is 4. The van der Waals surface area contributed by atoms with Gasteiger partial charge in [-0.15, -0.1) is 0 Å². The first-order valence-corrected chi connectivity index (χ1v) is 19.7. The molecule has 0 aliphatic carbocycles. The van der Waals surface area contributed by atoms with Crippen LogP contribution in [0, 0.1) is 0 Å². The number of fused-ring (bicyclic) bond motifs is 6. The van der Waals surface area contributed by atoms with Crippen LogP contribution < -0.4 is 0 Å². The molecule has 0 radical (unpaired) electrons. The Kier molecular flexibility index (Phi) is 10.3. The fourth-order valence-corrected chi connectivity index (χ4v) is 8.68. The summed E-state index contributed by atoms with van der Waals surface area (Å²) >= 11 is 13.9. The van der Waals surface area contributed by atoms with Crippen LogP contribution in [0.25, 0.3) is 66.1 Å². The van der Waals surface area contributed by atoms with Gasteiger partial charge in [-0.2, -0.15) is 0 Å². The second-order valence-electron chi connectivity index (χ2n) is 13.9. The van der Waals surface area contributed by atoms with Crippen molar-refractivity contribution < 1.29 is 0 Å². The van der Waals surface area contributed by atoms with Crippen LogP contribution in [0.15, 0.2) is 122 Å². The van der Waals surface area contributed by atoms with Gasteiger partial charge in [0.1, 0.15) is 6.17 Å². The molecule has 4 nitrogen and oxygen atoms in total. The van der Waals surface area contributed by atoms with E-state index in [1.807, 2.05) is 48.8 Å². The van der Waals surface area contributed by atoms with E-state index in [-0.39, 0.29) is 6.17 Å². The monoisotopic (exact) mass is 722 g/mol. The zero-order valence-electron chi connectivity index (χ0n) is 29.7. The summed E-state index contributed by atoms with van der Waals surface area (Å²) < 4.78 is 5.10. The van der Waals surface area contributed by atoms with Gasteiger partial charge < -0.3 is 9.13 Å². The Bertz CT molecular complexity index is 2330. The van der Waals surface area contributed by atoms with Crippen LogP contribution in [-0.4, -0.2) is 19.1 Å². The molecule has 262 valence electrons. The lowest BCUT2D eigenvalue weighted by Crippen LogP contribution is -2.19. The minimum Gasteiger partial charge on any atom is -0.317 e. The molecule has 0 unspecified atom stereocenters. The molecular formula is C46H44Cl2N4. The SMILES string of the molecule is CCCCCCCCCCCC(n1c2ccccc2c2ccnc(-c3ccccc3Cl)c21)n1c2ccccc2c2ccnc(-c3ccccc3Cl)c21. The van der Waals surface area contributed by atoms with E-state index in [0.717, 1.165) is 46.4 Å². The molecule has 4 aromatic carbocycles. The minimum absolute atomic E-state index is 0.0924. The van der Waals surface area contributed by atoms with Gasteiger partial charge >= 0.3 is 0 Å². The van der Waals surface area contributed by atoms with Crippen molar-refractivity contribution in [2.75, 3.05) is 0 Å². The Labute approximate surface area is 316 Å². The van der Waals surface area contributed by atoms with Crippen LogP contribution >= 0.6 is 23.2 Å². The van der Waals surface area contributed by atoms with Crippen LogP contribution in [0.5, 0.6) is 0 Å². The highest BCUT2D eigenvalue weighted by atomic mass is 35.5. The summed E-state index contributed by atoms with van der Waals surface area (Å²) in [4.78, 5) is 10.1. The fraction of sp³-hybridized carbons (Fsp3) is 0.261. The third-order valence-corrected chi connectivity index (χ3v) is 11.3. The van der Waals surface area contributed by atoms with E-state index < -0.39 is 0 Å². The van der Waals surface area contributed by atoms with Crippen LogP contribution in [0.2, 0.25) is 10.0 Å². The lowest BCUT2D eigenvalue weighted by molar-refractivity contribution is 0.418. The number of nitrogens with zero attached hydrogens (tertiary/aromatic N) is 4. The fourth-order valence-electron chi connectivity index (χ4n) is 8.23. The van der Waals surface area contributed by atoms with Gasteiger partial charge in [0.15, 0.2) is 0 Å². The van der Waals surface area contributed by atoms with Gasteiger partial charge in [0.2, 0.25) is 0 Å². The molecule has 0 atom stereocenters. The van der Waals surface area contributed by atoms with Gasteiger partial charge in [-0.05, 0) is 49.2 Å². The molecule has 0 saturated heterocycles. The van der Waals surface area contributed by atoms with Crippen molar-refractivity contribution in [1.82, 2.24) is 19.1 Å². The smallest absolute Gasteiger partial charge is 0.111 e. The Morgan fingerprint density at radius 3 is 1.38 bits per heavy atom. The summed E-state index contributed by atoms with van der Waals surface area (Å²) in [6, 6.07) is 38.0. The normalized spacial score (nSPS) is 11.9. The molecule has 0 saturated carbocycles. The highest BCUT2D eigenvalue weighted by Crippen LogP contribution is 2.44. The van der Waals surface area contributed by atoms with Crippen molar-refractivity contribution in [2.24, 2.45) is 0 Å². The highest BCUT2D eigenvalue weighted by Gasteiger charge is 2.28. The third kappa shape index (κ3) is 6.37. The van der Waals surface area contributed by atoms with E-state index in [0.29, 0.717) is 10.0 Å². The maximum absolute atomic E-state index is 6.95. The van der Waals surface area contributed by atoms with Crippen molar-refractivity contribution >= 4 is 66.8 Å². The van der Waals surface area contributed by atoms with Crippen LogP contribution in [0.1, 0.15) is 77.3 Å². The van der Waals surface area contributed by atoms with Crippen LogP contribution in [0.3, 0.4) is 0 Å². The summed E-state index contributed by atoms with van der Waals surface area (Å²) in [5.41, 5.74) is 8.17. The summed E-state index contributed by atoms with van der Waals surface area (Å²) in [7, 11) is 0. The van der Waals surface area contributed by atoms with Gasteiger partial charge in [-0.1, -0.05) is 154 Å². The van der Waals surface area contributed by atoms with Crippen molar-refractivity contribution in [3.63, 3.8) is 0 Å². The highest BCUT2D eigenvalue weighted by molar-refractivity contribution is 6.34. The zero-order chi connectivity index (χ0) is 35.4. The number of rotatable bonds is 14. The number of hydrogen-bond acceptors (Lipinski definition) is 2. The maximum atomic E-state index is 6.95. The molecule has 8 aromatic rings. The van der Waals surface area contributed by atoms with E-state index in [9.17, 15) is 0 Å². The maximum Gasteiger partial charge on any atom is 0.111 e. The number of para-hydroxylation sites is 2. The number of unbranched alkanes of at least 4 members (excludes halogenated alkanes) is 8. The van der Waals surface area contributed by atoms with Gasteiger partial charge in [0.25, 0.3) is 0 Å². The summed E-state index contributed by atoms with van der Waals surface area (Å²) in [5, 5.41) is 6.13. The number of halogens is 2. The topological polar surface area (TPSA) is 35.6 Å². The molecule has 0 aliphatic rings. The molecule has 0 spiro atoms. The van der Waals surface area contributed by atoms with Crippen LogP contribution in [0.4, 0.5) is 0 Å². The summed E-state index contributed by atoms with van der Waals surface area (Å²) in [6.45, 7) is 2.28. The number of hydrogen-bond donors (Lipinski definition) is 0. The van der Waals surface area contributed by atoms with E-state index in [1.54, 1.807) is 0 Å². The predicted molar refractivity (Wildman–Crippen MR) is 222 cm³/mol. The lowest BCUT2D eigenvalue weighted by Gasteiger charge is -2.27. The molecule has 52 heavy (non-hydrogen) atoms. The number of pyridine rings is 2. The standard InChI is InChI=1S/C46H44Cl2N4/c1-2-3-4-5-6-7-8-9-10-27-42(51-40-25-17-13-19-32(40)34-28-30-49-43(45(34)51)36-21-11-15-23-38(36)47)52-41-26-18-14-20-33(41)35-29-31-50-44(46(35)52)37-22-12-16-24-39(37)48/h11-26,28-31,42H,2-10,27H2,1H3. The van der Waals surface area contributed by atoms with Gasteiger partial charge in [0, 0.05) is 45.1 Å². The van der Waals surface area contributed by atoms with E-state index in [4.69, 9.17) is 33.2 Å². The minimum atomic E-state index is -0.0924.